The first-order chi connectivity index (χ1) is 11.5. The molecule has 1 aromatic rings. The maximum atomic E-state index is 12.3. The second kappa shape index (κ2) is 6.44. The van der Waals surface area contributed by atoms with E-state index < -0.39 is 32.0 Å². The summed E-state index contributed by atoms with van der Waals surface area (Å²) >= 11 is 0. The van der Waals surface area contributed by atoms with Gasteiger partial charge in [0.2, 0.25) is 0 Å². The molecule has 24 heavy (non-hydrogen) atoms. The van der Waals surface area contributed by atoms with Gasteiger partial charge in [-0.3, -0.25) is 0 Å². The number of rotatable bonds is 3. The van der Waals surface area contributed by atoms with Gasteiger partial charge >= 0.3 is 6.09 Å². The molecule has 0 spiro atoms. The zero-order valence-corrected chi connectivity index (χ0v) is 14.1. The maximum Gasteiger partial charge on any atom is 0.408 e. The van der Waals surface area contributed by atoms with Gasteiger partial charge in [0.05, 0.1) is 16.6 Å². The molecule has 7 heteroatoms. The highest BCUT2D eigenvalue weighted by atomic mass is 32.2. The van der Waals surface area contributed by atoms with Gasteiger partial charge < -0.3 is 10.1 Å². The minimum absolute atomic E-state index is 0.110. The molecule has 0 radical (unpaired) electrons. The molecular weight excluding hydrogens is 328 g/mol. The molecule has 2 saturated heterocycles. The van der Waals surface area contributed by atoms with Gasteiger partial charge in [0.15, 0.2) is 9.84 Å². The first-order valence-electron chi connectivity index (χ1n) is 8.08. The number of fused-ring (bicyclic) bond motifs is 2. The second-order valence-corrected chi connectivity index (χ2v) is 9.06. The van der Waals surface area contributed by atoms with Crippen molar-refractivity contribution >= 4 is 15.9 Å². The zero-order chi connectivity index (χ0) is 17.2. The summed E-state index contributed by atoms with van der Waals surface area (Å²) in [6.07, 6.45) is 1.57. The summed E-state index contributed by atoms with van der Waals surface area (Å²) in [5, 5.41) is 11.1. The number of benzene rings is 1. The SMILES string of the molecule is N#CC1(NC(=O)OCc2ccccc2)CC2CCCC(C1)S2(=O)=O. The van der Waals surface area contributed by atoms with E-state index in [0.717, 1.165) is 12.0 Å². The summed E-state index contributed by atoms with van der Waals surface area (Å²) in [5.74, 6) is 0. The molecule has 2 aliphatic rings. The first-order valence-corrected chi connectivity index (χ1v) is 9.69. The van der Waals surface area contributed by atoms with Gasteiger partial charge in [-0.05, 0) is 18.4 Å². The molecule has 1 aromatic carbocycles. The number of alkyl carbamates (subject to hydrolysis) is 1. The third-order valence-corrected chi connectivity index (χ3v) is 7.57. The predicted octanol–water partition coefficient (Wildman–Crippen LogP) is 2.30. The van der Waals surface area contributed by atoms with Crippen LogP contribution in [0.15, 0.2) is 30.3 Å². The molecule has 2 aliphatic heterocycles. The van der Waals surface area contributed by atoms with E-state index in [1.165, 1.54) is 0 Å². The summed E-state index contributed by atoms with van der Waals surface area (Å²) in [4.78, 5) is 12.1. The Hall–Kier alpha value is -2.07. The lowest BCUT2D eigenvalue weighted by Crippen LogP contribution is -2.59. The van der Waals surface area contributed by atoms with Crippen molar-refractivity contribution in [3.05, 3.63) is 35.9 Å². The monoisotopic (exact) mass is 348 g/mol. The number of amides is 1. The lowest BCUT2D eigenvalue weighted by atomic mass is 9.84. The van der Waals surface area contributed by atoms with Crippen molar-refractivity contribution < 1.29 is 17.9 Å². The molecule has 128 valence electrons. The number of nitrogens with zero attached hydrogens (tertiary/aromatic N) is 1. The maximum absolute atomic E-state index is 12.3. The van der Waals surface area contributed by atoms with Crippen LogP contribution >= 0.6 is 0 Å². The van der Waals surface area contributed by atoms with Crippen molar-refractivity contribution in [2.24, 2.45) is 0 Å². The quantitative estimate of drug-likeness (QED) is 0.904. The fourth-order valence-corrected chi connectivity index (χ4v) is 6.22. The number of nitriles is 1. The number of ether oxygens (including phenoxy) is 1. The van der Waals surface area contributed by atoms with Crippen LogP contribution in [0.2, 0.25) is 0 Å². The van der Waals surface area contributed by atoms with E-state index in [2.05, 4.69) is 11.4 Å². The zero-order valence-electron chi connectivity index (χ0n) is 13.3. The number of carbonyl (C=O) groups excluding carboxylic acids is 1. The van der Waals surface area contributed by atoms with Gasteiger partial charge in [0, 0.05) is 12.8 Å². The van der Waals surface area contributed by atoms with E-state index in [0.29, 0.717) is 12.8 Å². The average Bonchev–Trinajstić information content (AvgIpc) is 2.55. The second-order valence-electron chi connectivity index (χ2n) is 6.55. The molecule has 2 unspecified atom stereocenters. The third kappa shape index (κ3) is 3.24. The molecule has 3 rings (SSSR count). The largest absolute Gasteiger partial charge is 0.445 e. The number of nitrogens with one attached hydrogen (secondary N) is 1. The summed E-state index contributed by atoms with van der Waals surface area (Å²) < 4.78 is 29.9. The van der Waals surface area contributed by atoms with Gasteiger partial charge in [-0.1, -0.05) is 36.8 Å². The van der Waals surface area contributed by atoms with E-state index in [4.69, 9.17) is 4.74 Å². The molecule has 2 heterocycles. The Balaban J connectivity index is 1.66. The fourth-order valence-electron chi connectivity index (χ4n) is 3.65. The van der Waals surface area contributed by atoms with Crippen LogP contribution in [-0.4, -0.2) is 30.5 Å². The Labute approximate surface area is 141 Å². The van der Waals surface area contributed by atoms with Crippen molar-refractivity contribution in [3.8, 4) is 6.07 Å². The molecule has 6 nitrogen and oxygen atoms in total. The lowest BCUT2D eigenvalue weighted by Gasteiger charge is -2.42. The predicted molar refractivity (Wildman–Crippen MR) is 87.7 cm³/mol. The number of sulfone groups is 1. The summed E-state index contributed by atoms with van der Waals surface area (Å²) in [6.45, 7) is 0.110. The van der Waals surface area contributed by atoms with Crippen molar-refractivity contribution in [1.29, 1.82) is 5.26 Å². The van der Waals surface area contributed by atoms with Gasteiger partial charge in [-0.25, -0.2) is 13.2 Å². The summed E-state index contributed by atoms with van der Waals surface area (Å²) in [5.41, 5.74) is -0.309. The third-order valence-electron chi connectivity index (χ3n) is 4.90. The standard InChI is InChI=1S/C17H20N2O4S/c18-12-17(9-14-7-4-8-15(10-17)24(14,21)22)19-16(20)23-11-13-5-2-1-3-6-13/h1-3,5-6,14-15H,4,7-11H2,(H,19,20). The fraction of sp³-hybridized carbons (Fsp3) is 0.529. The van der Waals surface area contributed by atoms with Crippen molar-refractivity contribution in [3.63, 3.8) is 0 Å². The van der Waals surface area contributed by atoms with Gasteiger partial charge in [-0.2, -0.15) is 5.26 Å². The van der Waals surface area contributed by atoms with Crippen molar-refractivity contribution in [2.75, 3.05) is 0 Å². The smallest absolute Gasteiger partial charge is 0.408 e. The Bertz CT molecular complexity index is 735. The summed E-state index contributed by atoms with van der Waals surface area (Å²) in [6, 6.07) is 11.4. The van der Waals surface area contributed by atoms with Gasteiger partial charge in [0.25, 0.3) is 0 Å². The van der Waals surface area contributed by atoms with E-state index in [1.807, 2.05) is 30.3 Å². The lowest BCUT2D eigenvalue weighted by molar-refractivity contribution is 0.127. The molecule has 0 aromatic heterocycles. The molecule has 1 amide bonds. The Morgan fingerprint density at radius 2 is 1.88 bits per heavy atom. The normalized spacial score (nSPS) is 30.8. The van der Waals surface area contributed by atoms with Gasteiger partial charge in [0.1, 0.15) is 12.1 Å². The molecule has 0 aliphatic carbocycles. The Morgan fingerprint density at radius 3 is 2.46 bits per heavy atom. The molecule has 2 bridgehead atoms. The Morgan fingerprint density at radius 1 is 1.25 bits per heavy atom. The van der Waals surface area contributed by atoms with E-state index in [1.54, 1.807) is 0 Å². The van der Waals surface area contributed by atoms with Crippen LogP contribution in [0.4, 0.5) is 4.79 Å². The molecule has 1 N–H and O–H groups in total. The van der Waals surface area contributed by atoms with Crippen molar-refractivity contribution in [2.45, 2.75) is 54.7 Å². The minimum Gasteiger partial charge on any atom is -0.445 e. The topological polar surface area (TPSA) is 96.3 Å². The van der Waals surface area contributed by atoms with Crippen LogP contribution in [0.3, 0.4) is 0 Å². The van der Waals surface area contributed by atoms with Crippen LogP contribution in [0.1, 0.15) is 37.7 Å². The number of hydrogen-bond donors (Lipinski definition) is 1. The Kier molecular flexibility index (Phi) is 4.50. The minimum atomic E-state index is -3.18. The van der Waals surface area contributed by atoms with Crippen LogP contribution < -0.4 is 5.32 Å². The highest BCUT2D eigenvalue weighted by Crippen LogP contribution is 2.41. The van der Waals surface area contributed by atoms with E-state index in [9.17, 15) is 18.5 Å². The van der Waals surface area contributed by atoms with Crippen LogP contribution in [0, 0.1) is 11.3 Å². The van der Waals surface area contributed by atoms with E-state index in [-0.39, 0.29) is 19.4 Å². The van der Waals surface area contributed by atoms with E-state index >= 15 is 0 Å². The molecule has 2 atom stereocenters. The first kappa shape index (κ1) is 16.8. The van der Waals surface area contributed by atoms with Crippen LogP contribution in [0.25, 0.3) is 0 Å². The highest BCUT2D eigenvalue weighted by molar-refractivity contribution is 7.92. The van der Waals surface area contributed by atoms with Gasteiger partial charge in [-0.15, -0.1) is 0 Å². The number of hydrogen-bond acceptors (Lipinski definition) is 5. The van der Waals surface area contributed by atoms with Crippen molar-refractivity contribution in [1.82, 2.24) is 5.32 Å². The number of carbonyl (C=O) groups is 1. The average molecular weight is 348 g/mol. The highest BCUT2D eigenvalue weighted by Gasteiger charge is 2.52. The summed E-state index contributed by atoms with van der Waals surface area (Å²) in [7, 11) is -3.18. The van der Waals surface area contributed by atoms with Crippen LogP contribution in [-0.2, 0) is 21.2 Å². The molecule has 2 fully saturated rings. The molecular formula is C17H20N2O4S. The van der Waals surface area contributed by atoms with Crippen LogP contribution in [0.5, 0.6) is 0 Å². The molecule has 0 saturated carbocycles.